The van der Waals surface area contributed by atoms with E-state index in [-0.39, 0.29) is 0 Å². The van der Waals surface area contributed by atoms with Crippen LogP contribution in [0.15, 0.2) is 30.6 Å². The average molecular weight is 208 g/mol. The predicted molar refractivity (Wildman–Crippen MR) is 55.3 cm³/mol. The topological polar surface area (TPSA) is 30.7 Å². The lowest BCUT2D eigenvalue weighted by molar-refractivity contribution is 0.677. The molecule has 0 aliphatic carbocycles. The number of aromatic nitrogens is 3. The van der Waals surface area contributed by atoms with Gasteiger partial charge in [-0.05, 0) is 24.6 Å². The van der Waals surface area contributed by atoms with Gasteiger partial charge < -0.3 is 0 Å². The molecule has 2 rings (SSSR count). The molecule has 0 saturated carbocycles. The van der Waals surface area contributed by atoms with Gasteiger partial charge in [0, 0.05) is 12.4 Å². The van der Waals surface area contributed by atoms with Gasteiger partial charge in [0.15, 0.2) is 0 Å². The van der Waals surface area contributed by atoms with Crippen LogP contribution in [0, 0.1) is 6.92 Å². The maximum atomic E-state index is 5.69. The minimum atomic E-state index is 0.519. The molecule has 0 N–H and O–H groups in total. The predicted octanol–water partition coefficient (Wildman–Crippen LogP) is 2.29. The Balaban J connectivity index is 2.15. The number of pyridine rings is 1. The monoisotopic (exact) mass is 207 g/mol. The number of halogens is 1. The molecule has 0 saturated heterocycles. The molecule has 0 atom stereocenters. The first-order chi connectivity index (χ1) is 6.74. The Labute approximate surface area is 87.3 Å². The molecule has 0 aliphatic rings. The van der Waals surface area contributed by atoms with Gasteiger partial charge in [-0.2, -0.15) is 5.10 Å². The number of hydrogen-bond donors (Lipinski definition) is 0. The maximum Gasteiger partial charge on any atom is 0.129 e. The quantitative estimate of drug-likeness (QED) is 0.708. The molecule has 2 aromatic rings. The fraction of sp³-hybridized carbons (Fsp3) is 0.200. The third kappa shape index (κ3) is 2.12. The molecule has 0 amide bonds. The van der Waals surface area contributed by atoms with E-state index < -0.39 is 0 Å². The number of nitrogens with zero attached hydrogens (tertiary/aromatic N) is 3. The summed E-state index contributed by atoms with van der Waals surface area (Å²) in [6.45, 7) is 2.70. The second kappa shape index (κ2) is 3.80. The zero-order valence-electron chi connectivity index (χ0n) is 7.81. The van der Waals surface area contributed by atoms with E-state index in [0.717, 1.165) is 17.8 Å². The van der Waals surface area contributed by atoms with Gasteiger partial charge in [0.05, 0.1) is 12.2 Å². The lowest BCUT2D eigenvalue weighted by atomic mass is 10.3. The molecule has 4 heteroatoms. The van der Waals surface area contributed by atoms with Crippen molar-refractivity contribution in [2.45, 2.75) is 13.5 Å². The van der Waals surface area contributed by atoms with Crippen molar-refractivity contribution in [3.8, 4) is 0 Å². The van der Waals surface area contributed by atoms with E-state index >= 15 is 0 Å². The van der Waals surface area contributed by atoms with Crippen molar-refractivity contribution >= 4 is 11.6 Å². The Morgan fingerprint density at radius 2 is 2.21 bits per heavy atom. The third-order valence-electron chi connectivity index (χ3n) is 1.91. The lowest BCUT2D eigenvalue weighted by Crippen LogP contribution is -2.00. The van der Waals surface area contributed by atoms with Crippen molar-refractivity contribution < 1.29 is 0 Å². The van der Waals surface area contributed by atoms with Crippen molar-refractivity contribution in [3.63, 3.8) is 0 Å². The second-order valence-corrected chi connectivity index (χ2v) is 3.53. The first kappa shape index (κ1) is 9.21. The summed E-state index contributed by atoms with van der Waals surface area (Å²) in [5.74, 6) is 0. The van der Waals surface area contributed by atoms with E-state index in [1.165, 1.54) is 0 Å². The molecule has 14 heavy (non-hydrogen) atoms. The molecule has 2 aromatic heterocycles. The normalized spacial score (nSPS) is 10.4. The van der Waals surface area contributed by atoms with Crippen molar-refractivity contribution in [3.05, 3.63) is 47.0 Å². The molecular weight excluding hydrogens is 198 g/mol. The highest BCUT2D eigenvalue weighted by atomic mass is 35.5. The molecule has 0 aromatic carbocycles. The van der Waals surface area contributed by atoms with Crippen LogP contribution in [0.1, 0.15) is 11.3 Å². The molecule has 0 radical (unpaired) electrons. The molecular formula is C10H10ClN3. The molecule has 72 valence electrons. The SMILES string of the molecule is Cc1ccn(Cc2ccc(Cl)nc2)n1. The molecule has 0 unspecified atom stereocenters. The van der Waals surface area contributed by atoms with Gasteiger partial charge in [-0.1, -0.05) is 17.7 Å². The van der Waals surface area contributed by atoms with Crippen molar-refractivity contribution in [1.82, 2.24) is 14.8 Å². The Hall–Kier alpha value is -1.35. The fourth-order valence-electron chi connectivity index (χ4n) is 1.24. The van der Waals surface area contributed by atoms with Gasteiger partial charge in [-0.3, -0.25) is 4.68 Å². The van der Waals surface area contributed by atoms with E-state index in [2.05, 4.69) is 10.1 Å². The van der Waals surface area contributed by atoms with Crippen LogP contribution >= 0.6 is 11.6 Å². The van der Waals surface area contributed by atoms with E-state index in [0.29, 0.717) is 5.15 Å². The Kier molecular flexibility index (Phi) is 2.50. The largest absolute Gasteiger partial charge is 0.268 e. The van der Waals surface area contributed by atoms with Crippen LogP contribution in [0.5, 0.6) is 0 Å². The van der Waals surface area contributed by atoms with Crippen LogP contribution in [-0.4, -0.2) is 14.8 Å². The van der Waals surface area contributed by atoms with Crippen LogP contribution in [0.2, 0.25) is 5.15 Å². The number of aryl methyl sites for hydroxylation is 1. The van der Waals surface area contributed by atoms with Crippen molar-refractivity contribution in [1.29, 1.82) is 0 Å². The van der Waals surface area contributed by atoms with E-state index in [4.69, 9.17) is 11.6 Å². The van der Waals surface area contributed by atoms with Crippen LogP contribution in [0.3, 0.4) is 0 Å². The standard InChI is InChI=1S/C10H10ClN3/c1-8-4-5-14(13-8)7-9-2-3-10(11)12-6-9/h2-6H,7H2,1H3. The van der Waals surface area contributed by atoms with E-state index in [9.17, 15) is 0 Å². The highest BCUT2D eigenvalue weighted by molar-refractivity contribution is 6.29. The molecule has 0 bridgehead atoms. The van der Waals surface area contributed by atoms with Crippen LogP contribution < -0.4 is 0 Å². The summed E-state index contributed by atoms with van der Waals surface area (Å²) in [4.78, 5) is 4.01. The minimum absolute atomic E-state index is 0.519. The maximum absolute atomic E-state index is 5.69. The smallest absolute Gasteiger partial charge is 0.129 e. The highest BCUT2D eigenvalue weighted by Gasteiger charge is 1.97. The van der Waals surface area contributed by atoms with Crippen molar-refractivity contribution in [2.24, 2.45) is 0 Å². The zero-order valence-corrected chi connectivity index (χ0v) is 8.57. The zero-order chi connectivity index (χ0) is 9.97. The van der Waals surface area contributed by atoms with Crippen LogP contribution in [0.4, 0.5) is 0 Å². The molecule has 0 spiro atoms. The first-order valence-electron chi connectivity index (χ1n) is 4.34. The first-order valence-corrected chi connectivity index (χ1v) is 4.72. The molecule has 2 heterocycles. The summed E-state index contributed by atoms with van der Waals surface area (Å²) < 4.78 is 1.88. The highest BCUT2D eigenvalue weighted by Crippen LogP contribution is 2.06. The molecule has 0 aliphatic heterocycles. The van der Waals surface area contributed by atoms with Gasteiger partial charge in [0.25, 0.3) is 0 Å². The fourth-order valence-corrected chi connectivity index (χ4v) is 1.35. The van der Waals surface area contributed by atoms with Gasteiger partial charge in [0.1, 0.15) is 5.15 Å². The summed E-state index contributed by atoms with van der Waals surface area (Å²) >= 11 is 5.69. The molecule has 3 nitrogen and oxygen atoms in total. The summed E-state index contributed by atoms with van der Waals surface area (Å²) in [6, 6.07) is 5.71. The number of rotatable bonds is 2. The van der Waals surface area contributed by atoms with Crippen molar-refractivity contribution in [2.75, 3.05) is 0 Å². The van der Waals surface area contributed by atoms with Crippen LogP contribution in [-0.2, 0) is 6.54 Å². The van der Waals surface area contributed by atoms with E-state index in [1.807, 2.05) is 29.9 Å². The summed E-state index contributed by atoms with van der Waals surface area (Å²) in [6.07, 6.45) is 3.71. The van der Waals surface area contributed by atoms with Gasteiger partial charge in [0.2, 0.25) is 0 Å². The average Bonchev–Trinajstić information content (AvgIpc) is 2.56. The Bertz CT molecular complexity index is 419. The van der Waals surface area contributed by atoms with Gasteiger partial charge in [-0.25, -0.2) is 4.98 Å². The minimum Gasteiger partial charge on any atom is -0.268 e. The van der Waals surface area contributed by atoms with Gasteiger partial charge >= 0.3 is 0 Å². The Morgan fingerprint density at radius 1 is 1.36 bits per heavy atom. The summed E-state index contributed by atoms with van der Waals surface area (Å²) in [5, 5.41) is 4.80. The summed E-state index contributed by atoms with van der Waals surface area (Å²) in [5.41, 5.74) is 2.12. The van der Waals surface area contributed by atoms with Crippen LogP contribution in [0.25, 0.3) is 0 Å². The summed E-state index contributed by atoms with van der Waals surface area (Å²) in [7, 11) is 0. The lowest BCUT2D eigenvalue weighted by Gasteiger charge is -2.00. The second-order valence-electron chi connectivity index (χ2n) is 3.14. The Morgan fingerprint density at radius 3 is 2.79 bits per heavy atom. The third-order valence-corrected chi connectivity index (χ3v) is 2.13. The van der Waals surface area contributed by atoms with E-state index in [1.54, 1.807) is 12.3 Å². The van der Waals surface area contributed by atoms with Gasteiger partial charge in [-0.15, -0.1) is 0 Å². The molecule has 0 fully saturated rings. The number of hydrogen-bond acceptors (Lipinski definition) is 2.